The van der Waals surface area contributed by atoms with Crippen LogP contribution in [0, 0.1) is 5.41 Å². The van der Waals surface area contributed by atoms with Crippen LogP contribution in [0.25, 0.3) is 0 Å². The third-order valence-electron chi connectivity index (χ3n) is 2.96. The predicted octanol–water partition coefficient (Wildman–Crippen LogP) is 0.301. The lowest BCUT2D eigenvalue weighted by Gasteiger charge is -2.22. The summed E-state index contributed by atoms with van der Waals surface area (Å²) in [7, 11) is 1.47. The SMILES string of the molecule is COC(=O)[C@@]12CC[C@@H](C1)NC2. The van der Waals surface area contributed by atoms with E-state index in [1.165, 1.54) is 7.11 Å². The fourth-order valence-electron chi connectivity index (χ4n) is 2.27. The van der Waals surface area contributed by atoms with E-state index in [-0.39, 0.29) is 11.4 Å². The molecule has 3 heteroatoms. The summed E-state index contributed by atoms with van der Waals surface area (Å²) in [5.74, 6) is -0.0231. The first-order chi connectivity index (χ1) is 5.27. The van der Waals surface area contributed by atoms with Crippen molar-refractivity contribution in [2.45, 2.75) is 25.3 Å². The Bertz CT molecular complexity index is 183. The number of methoxy groups -OCH3 is 1. The van der Waals surface area contributed by atoms with Gasteiger partial charge in [-0.3, -0.25) is 4.79 Å². The first-order valence-corrected chi connectivity index (χ1v) is 4.09. The van der Waals surface area contributed by atoms with Crippen LogP contribution in [0.3, 0.4) is 0 Å². The number of hydrogen-bond acceptors (Lipinski definition) is 3. The van der Waals surface area contributed by atoms with Crippen LogP contribution >= 0.6 is 0 Å². The Morgan fingerprint density at radius 2 is 2.55 bits per heavy atom. The summed E-state index contributed by atoms with van der Waals surface area (Å²) in [4.78, 5) is 11.3. The second-order valence-electron chi connectivity index (χ2n) is 3.59. The molecule has 0 aromatic rings. The second kappa shape index (κ2) is 2.21. The molecule has 2 atom stereocenters. The molecule has 3 nitrogen and oxygen atoms in total. The van der Waals surface area contributed by atoms with Crippen LogP contribution in [-0.2, 0) is 9.53 Å². The predicted molar refractivity (Wildman–Crippen MR) is 40.1 cm³/mol. The Morgan fingerprint density at radius 3 is 2.91 bits per heavy atom. The molecule has 1 aliphatic heterocycles. The summed E-state index contributed by atoms with van der Waals surface area (Å²) in [6.45, 7) is 0.824. The molecule has 11 heavy (non-hydrogen) atoms. The Kier molecular flexibility index (Phi) is 1.42. The zero-order valence-corrected chi connectivity index (χ0v) is 6.72. The van der Waals surface area contributed by atoms with Gasteiger partial charge < -0.3 is 10.1 Å². The molecular formula is C8H13NO2. The minimum atomic E-state index is -0.153. The smallest absolute Gasteiger partial charge is 0.313 e. The van der Waals surface area contributed by atoms with E-state index in [2.05, 4.69) is 5.32 Å². The van der Waals surface area contributed by atoms with Gasteiger partial charge >= 0.3 is 5.97 Å². The maximum absolute atomic E-state index is 11.3. The van der Waals surface area contributed by atoms with Crippen LogP contribution < -0.4 is 5.32 Å². The van der Waals surface area contributed by atoms with Crippen LogP contribution in [0.5, 0.6) is 0 Å². The van der Waals surface area contributed by atoms with Gasteiger partial charge in [-0.15, -0.1) is 0 Å². The largest absolute Gasteiger partial charge is 0.469 e. The van der Waals surface area contributed by atoms with Crippen LogP contribution in [0.2, 0.25) is 0 Å². The third kappa shape index (κ3) is 0.872. The lowest BCUT2D eigenvalue weighted by atomic mass is 9.88. The average molecular weight is 155 g/mol. The minimum absolute atomic E-state index is 0.0231. The van der Waals surface area contributed by atoms with Crippen molar-refractivity contribution in [2.24, 2.45) is 5.41 Å². The van der Waals surface area contributed by atoms with Gasteiger partial charge in [0.1, 0.15) is 0 Å². The molecule has 2 rings (SSSR count). The summed E-state index contributed by atoms with van der Waals surface area (Å²) in [6.07, 6.45) is 3.13. The first kappa shape index (κ1) is 7.10. The number of hydrogen-bond donors (Lipinski definition) is 1. The van der Waals surface area contributed by atoms with Gasteiger partial charge in [0.25, 0.3) is 0 Å². The van der Waals surface area contributed by atoms with E-state index in [1.807, 2.05) is 0 Å². The normalized spacial score (nSPS) is 41.0. The van der Waals surface area contributed by atoms with Gasteiger partial charge in [-0.2, -0.15) is 0 Å². The number of carbonyl (C=O) groups is 1. The number of fused-ring (bicyclic) bond motifs is 2. The molecule has 1 saturated carbocycles. The lowest BCUT2D eigenvalue weighted by molar-refractivity contribution is -0.151. The maximum atomic E-state index is 11.3. The highest BCUT2D eigenvalue weighted by atomic mass is 16.5. The maximum Gasteiger partial charge on any atom is 0.313 e. The number of piperidine rings is 1. The van der Waals surface area contributed by atoms with Gasteiger partial charge in [0.15, 0.2) is 0 Å². The van der Waals surface area contributed by atoms with Gasteiger partial charge in [0, 0.05) is 12.6 Å². The van der Waals surface area contributed by atoms with E-state index in [0.717, 1.165) is 25.8 Å². The molecule has 0 amide bonds. The summed E-state index contributed by atoms with van der Waals surface area (Å²) >= 11 is 0. The van der Waals surface area contributed by atoms with Crippen LogP contribution in [0.15, 0.2) is 0 Å². The molecule has 0 unspecified atom stereocenters. The fourth-order valence-corrected chi connectivity index (χ4v) is 2.27. The number of nitrogens with one attached hydrogen (secondary N) is 1. The van der Waals surface area contributed by atoms with Crippen LogP contribution in [-0.4, -0.2) is 25.7 Å². The number of esters is 1. The van der Waals surface area contributed by atoms with Crippen LogP contribution in [0.1, 0.15) is 19.3 Å². The topological polar surface area (TPSA) is 38.3 Å². The number of ether oxygens (including phenoxy) is 1. The quantitative estimate of drug-likeness (QED) is 0.553. The Morgan fingerprint density at radius 1 is 1.73 bits per heavy atom. The summed E-state index contributed by atoms with van der Waals surface area (Å²) in [6, 6.07) is 0.578. The zero-order valence-electron chi connectivity index (χ0n) is 6.72. The highest BCUT2D eigenvalue weighted by Gasteiger charge is 2.50. The lowest BCUT2D eigenvalue weighted by Crippen LogP contribution is -2.36. The zero-order chi connectivity index (χ0) is 7.90. The van der Waals surface area contributed by atoms with Crippen molar-refractivity contribution >= 4 is 5.97 Å². The van der Waals surface area contributed by atoms with Crippen molar-refractivity contribution in [1.82, 2.24) is 5.32 Å². The molecule has 62 valence electrons. The van der Waals surface area contributed by atoms with E-state index in [0.29, 0.717) is 6.04 Å². The third-order valence-corrected chi connectivity index (χ3v) is 2.96. The van der Waals surface area contributed by atoms with Crippen LogP contribution in [0.4, 0.5) is 0 Å². The van der Waals surface area contributed by atoms with E-state index in [1.54, 1.807) is 0 Å². The van der Waals surface area contributed by atoms with Crippen molar-refractivity contribution in [2.75, 3.05) is 13.7 Å². The molecule has 0 spiro atoms. The van der Waals surface area contributed by atoms with Crippen molar-refractivity contribution in [1.29, 1.82) is 0 Å². The molecule has 0 aromatic heterocycles. The van der Waals surface area contributed by atoms with Crippen molar-refractivity contribution in [3.05, 3.63) is 0 Å². The summed E-state index contributed by atoms with van der Waals surface area (Å²) in [5.41, 5.74) is -0.153. The Labute approximate surface area is 66.1 Å². The minimum Gasteiger partial charge on any atom is -0.469 e. The molecule has 1 N–H and O–H groups in total. The second-order valence-corrected chi connectivity index (χ2v) is 3.59. The van der Waals surface area contributed by atoms with Gasteiger partial charge in [-0.1, -0.05) is 0 Å². The van der Waals surface area contributed by atoms with E-state index in [9.17, 15) is 4.79 Å². The van der Waals surface area contributed by atoms with E-state index in [4.69, 9.17) is 4.74 Å². The summed E-state index contributed by atoms with van der Waals surface area (Å²) in [5, 5.41) is 3.31. The van der Waals surface area contributed by atoms with Gasteiger partial charge in [0.05, 0.1) is 12.5 Å². The Balaban J connectivity index is 2.16. The van der Waals surface area contributed by atoms with Gasteiger partial charge in [-0.25, -0.2) is 0 Å². The molecule has 1 heterocycles. The number of rotatable bonds is 1. The molecule has 2 fully saturated rings. The van der Waals surface area contributed by atoms with Crippen molar-refractivity contribution < 1.29 is 9.53 Å². The fraction of sp³-hybridized carbons (Fsp3) is 0.875. The number of carbonyl (C=O) groups excluding carboxylic acids is 1. The first-order valence-electron chi connectivity index (χ1n) is 4.09. The van der Waals surface area contributed by atoms with Crippen molar-refractivity contribution in [3.8, 4) is 0 Å². The highest BCUT2D eigenvalue weighted by Crippen LogP contribution is 2.43. The Hall–Kier alpha value is -0.570. The van der Waals surface area contributed by atoms with Gasteiger partial charge in [0.2, 0.25) is 0 Å². The molecule has 2 bridgehead atoms. The van der Waals surface area contributed by atoms with E-state index >= 15 is 0 Å². The summed E-state index contributed by atoms with van der Waals surface area (Å²) < 4.78 is 4.78. The molecule has 1 saturated heterocycles. The monoisotopic (exact) mass is 155 g/mol. The average Bonchev–Trinajstić information content (AvgIpc) is 2.62. The molecule has 1 aliphatic carbocycles. The standard InChI is InChI=1S/C8H13NO2/c1-11-7(10)8-3-2-6(4-8)9-5-8/h6,9H,2-5H2,1H3/t6-,8-/m0/s1. The van der Waals surface area contributed by atoms with Crippen molar-refractivity contribution in [3.63, 3.8) is 0 Å². The highest BCUT2D eigenvalue weighted by molar-refractivity contribution is 5.78. The molecule has 2 aliphatic rings. The molecule has 0 radical (unpaired) electrons. The molecular weight excluding hydrogens is 142 g/mol. The molecule has 0 aromatic carbocycles. The van der Waals surface area contributed by atoms with E-state index < -0.39 is 0 Å². The van der Waals surface area contributed by atoms with Gasteiger partial charge in [-0.05, 0) is 19.3 Å².